The van der Waals surface area contributed by atoms with Crippen LogP contribution in [-0.2, 0) is 11.3 Å². The van der Waals surface area contributed by atoms with Gasteiger partial charge in [0.2, 0.25) is 5.91 Å². The number of nitrogens with one attached hydrogen (secondary N) is 2. The Bertz CT molecular complexity index is 1140. The van der Waals surface area contributed by atoms with E-state index in [9.17, 15) is 4.79 Å². The zero-order valence-corrected chi connectivity index (χ0v) is 17.0. The lowest BCUT2D eigenvalue weighted by molar-refractivity contribution is -0.121. The molecular formula is C23H19Cl2N3O. The van der Waals surface area contributed by atoms with Crippen molar-refractivity contribution in [2.24, 2.45) is 0 Å². The number of halogens is 2. The van der Waals surface area contributed by atoms with Gasteiger partial charge in [0, 0.05) is 48.4 Å². The molecule has 2 aromatic heterocycles. The summed E-state index contributed by atoms with van der Waals surface area (Å²) in [6.07, 6.45) is 5.69. The van der Waals surface area contributed by atoms with E-state index in [1.54, 1.807) is 18.5 Å². The number of aromatic nitrogens is 2. The number of aromatic amines is 1. The molecule has 2 N–H and O–H groups in total. The molecule has 146 valence electrons. The highest BCUT2D eigenvalue weighted by Crippen LogP contribution is 2.36. The minimum atomic E-state index is -0.154. The molecule has 0 aliphatic rings. The van der Waals surface area contributed by atoms with Gasteiger partial charge in [-0.1, -0.05) is 47.5 Å². The fourth-order valence-corrected chi connectivity index (χ4v) is 3.78. The molecule has 29 heavy (non-hydrogen) atoms. The second kappa shape index (κ2) is 8.68. The third-order valence-corrected chi connectivity index (χ3v) is 5.71. The van der Waals surface area contributed by atoms with Crippen molar-refractivity contribution in [3.63, 3.8) is 0 Å². The number of amides is 1. The topological polar surface area (TPSA) is 57.8 Å². The van der Waals surface area contributed by atoms with E-state index in [2.05, 4.69) is 21.4 Å². The summed E-state index contributed by atoms with van der Waals surface area (Å²) in [5, 5.41) is 5.06. The van der Waals surface area contributed by atoms with Crippen molar-refractivity contribution in [2.45, 2.75) is 18.9 Å². The maximum absolute atomic E-state index is 12.8. The Morgan fingerprint density at radius 3 is 2.62 bits per heavy atom. The predicted octanol–water partition coefficient (Wildman–Crippen LogP) is 5.71. The van der Waals surface area contributed by atoms with Gasteiger partial charge in [0.1, 0.15) is 0 Å². The number of carbonyl (C=O) groups excluding carboxylic acids is 1. The molecule has 4 rings (SSSR count). The number of hydrogen-bond acceptors (Lipinski definition) is 2. The van der Waals surface area contributed by atoms with Crippen molar-refractivity contribution in [3.05, 3.63) is 99.9 Å². The fourth-order valence-electron chi connectivity index (χ4n) is 3.48. The van der Waals surface area contributed by atoms with Crippen molar-refractivity contribution < 1.29 is 4.79 Å². The van der Waals surface area contributed by atoms with Crippen LogP contribution in [0.25, 0.3) is 10.9 Å². The Balaban J connectivity index is 1.63. The number of rotatable bonds is 6. The fraction of sp³-hybridized carbons (Fsp3) is 0.130. The summed E-state index contributed by atoms with van der Waals surface area (Å²) in [6, 6.07) is 17.4. The van der Waals surface area contributed by atoms with Gasteiger partial charge in [0.15, 0.2) is 0 Å². The van der Waals surface area contributed by atoms with Gasteiger partial charge in [-0.3, -0.25) is 9.78 Å². The summed E-state index contributed by atoms with van der Waals surface area (Å²) >= 11 is 12.4. The first-order valence-corrected chi connectivity index (χ1v) is 10.0. The van der Waals surface area contributed by atoms with Gasteiger partial charge in [-0.25, -0.2) is 0 Å². The Labute approximate surface area is 178 Å². The molecule has 4 aromatic rings. The number of nitrogens with zero attached hydrogens (tertiary/aromatic N) is 1. The molecule has 4 nitrogen and oxygen atoms in total. The van der Waals surface area contributed by atoms with E-state index < -0.39 is 0 Å². The number of carbonyl (C=O) groups is 1. The van der Waals surface area contributed by atoms with Crippen LogP contribution >= 0.6 is 23.2 Å². The predicted molar refractivity (Wildman–Crippen MR) is 117 cm³/mol. The second-order valence-electron chi connectivity index (χ2n) is 6.85. The lowest BCUT2D eigenvalue weighted by Crippen LogP contribution is -2.25. The van der Waals surface area contributed by atoms with Gasteiger partial charge in [-0.05, 0) is 47.0 Å². The van der Waals surface area contributed by atoms with Crippen LogP contribution in [0.3, 0.4) is 0 Å². The molecule has 0 fully saturated rings. The number of fused-ring (bicyclic) bond motifs is 1. The van der Waals surface area contributed by atoms with Crippen molar-refractivity contribution in [2.75, 3.05) is 0 Å². The number of pyridine rings is 1. The van der Waals surface area contributed by atoms with E-state index in [4.69, 9.17) is 23.2 Å². The van der Waals surface area contributed by atoms with Gasteiger partial charge in [-0.15, -0.1) is 0 Å². The highest BCUT2D eigenvalue weighted by Gasteiger charge is 2.22. The Hall–Kier alpha value is -2.82. The molecule has 0 aliphatic heterocycles. The quantitative estimate of drug-likeness (QED) is 0.417. The monoisotopic (exact) mass is 423 g/mol. The SMILES string of the molecule is O=C(CC(c1ccc(Cl)c(Cl)c1)c1c[nH]c2ccccc12)NCc1ccncc1. The van der Waals surface area contributed by atoms with Crippen LogP contribution in [0.2, 0.25) is 10.0 Å². The Morgan fingerprint density at radius 2 is 1.83 bits per heavy atom. The molecule has 1 atom stereocenters. The summed E-state index contributed by atoms with van der Waals surface area (Å²) in [4.78, 5) is 20.1. The molecule has 0 radical (unpaired) electrons. The number of para-hydroxylation sites is 1. The summed E-state index contributed by atoms with van der Waals surface area (Å²) in [5.74, 6) is -0.193. The van der Waals surface area contributed by atoms with Crippen molar-refractivity contribution >= 4 is 40.0 Å². The van der Waals surface area contributed by atoms with Crippen molar-refractivity contribution in [1.82, 2.24) is 15.3 Å². The normalized spacial score (nSPS) is 12.1. The lowest BCUT2D eigenvalue weighted by Gasteiger charge is -2.18. The standard InChI is InChI=1S/C23H19Cl2N3O/c24-20-6-5-16(11-21(20)25)18(19-14-27-22-4-2-1-3-17(19)22)12-23(29)28-13-15-7-9-26-10-8-15/h1-11,14,18,27H,12-13H2,(H,28,29). The van der Waals surface area contributed by atoms with Crippen LogP contribution < -0.4 is 5.32 Å². The molecule has 1 amide bonds. The third kappa shape index (κ3) is 4.44. The minimum absolute atomic E-state index is 0.0387. The number of benzene rings is 2. The summed E-state index contributed by atoms with van der Waals surface area (Å²) in [5.41, 5.74) is 4.04. The molecule has 6 heteroatoms. The zero-order valence-electron chi connectivity index (χ0n) is 15.5. The first-order chi connectivity index (χ1) is 14.1. The van der Waals surface area contributed by atoms with Gasteiger partial charge < -0.3 is 10.3 Å². The van der Waals surface area contributed by atoms with E-state index in [-0.39, 0.29) is 11.8 Å². The molecule has 0 aliphatic carbocycles. The van der Waals surface area contributed by atoms with Gasteiger partial charge in [0.25, 0.3) is 0 Å². The minimum Gasteiger partial charge on any atom is -0.361 e. The highest BCUT2D eigenvalue weighted by atomic mass is 35.5. The first kappa shape index (κ1) is 19.5. The third-order valence-electron chi connectivity index (χ3n) is 4.97. The number of H-pyrrole nitrogens is 1. The average Bonchev–Trinajstić information content (AvgIpc) is 3.17. The average molecular weight is 424 g/mol. The van der Waals surface area contributed by atoms with E-state index in [0.717, 1.165) is 27.6 Å². The zero-order chi connectivity index (χ0) is 20.2. The molecule has 1 unspecified atom stereocenters. The molecular weight excluding hydrogens is 405 g/mol. The molecule has 0 saturated carbocycles. The van der Waals surface area contributed by atoms with Crippen LogP contribution in [0.1, 0.15) is 29.0 Å². The van der Waals surface area contributed by atoms with Crippen LogP contribution in [0, 0.1) is 0 Å². The summed E-state index contributed by atoms with van der Waals surface area (Å²) in [6.45, 7) is 0.462. The number of hydrogen-bond donors (Lipinski definition) is 2. The van der Waals surface area contributed by atoms with Crippen molar-refractivity contribution in [1.29, 1.82) is 0 Å². The molecule has 0 saturated heterocycles. The largest absolute Gasteiger partial charge is 0.361 e. The van der Waals surface area contributed by atoms with Crippen LogP contribution in [-0.4, -0.2) is 15.9 Å². The Morgan fingerprint density at radius 1 is 1.03 bits per heavy atom. The summed E-state index contributed by atoms with van der Waals surface area (Å²) in [7, 11) is 0. The van der Waals surface area contributed by atoms with E-state index in [0.29, 0.717) is 23.0 Å². The molecule has 2 heterocycles. The van der Waals surface area contributed by atoms with Crippen molar-refractivity contribution in [3.8, 4) is 0 Å². The molecule has 0 spiro atoms. The van der Waals surface area contributed by atoms with Crippen LogP contribution in [0.15, 0.2) is 73.2 Å². The van der Waals surface area contributed by atoms with E-state index in [1.807, 2.05) is 48.7 Å². The van der Waals surface area contributed by atoms with Crippen LogP contribution in [0.4, 0.5) is 0 Å². The summed E-state index contributed by atoms with van der Waals surface area (Å²) < 4.78 is 0. The first-order valence-electron chi connectivity index (χ1n) is 9.28. The lowest BCUT2D eigenvalue weighted by atomic mass is 9.88. The van der Waals surface area contributed by atoms with E-state index in [1.165, 1.54) is 0 Å². The van der Waals surface area contributed by atoms with Gasteiger partial charge in [0.05, 0.1) is 10.0 Å². The van der Waals surface area contributed by atoms with Gasteiger partial charge >= 0.3 is 0 Å². The Kier molecular flexibility index (Phi) is 5.84. The second-order valence-corrected chi connectivity index (χ2v) is 7.67. The maximum atomic E-state index is 12.8. The highest BCUT2D eigenvalue weighted by molar-refractivity contribution is 6.42. The maximum Gasteiger partial charge on any atom is 0.221 e. The smallest absolute Gasteiger partial charge is 0.221 e. The van der Waals surface area contributed by atoms with E-state index >= 15 is 0 Å². The molecule has 2 aromatic carbocycles. The van der Waals surface area contributed by atoms with Gasteiger partial charge in [-0.2, -0.15) is 0 Å². The van der Waals surface area contributed by atoms with Crippen LogP contribution in [0.5, 0.6) is 0 Å². The molecule has 0 bridgehead atoms.